The van der Waals surface area contributed by atoms with Crippen LogP contribution in [0.4, 0.5) is 0 Å². The van der Waals surface area contributed by atoms with E-state index in [0.29, 0.717) is 41.4 Å². The fourth-order valence-corrected chi connectivity index (χ4v) is 3.86. The van der Waals surface area contributed by atoms with Crippen molar-refractivity contribution < 1.29 is 19.4 Å². The number of hydrogen-bond donors (Lipinski definition) is 2. The van der Waals surface area contributed by atoms with Gasteiger partial charge < -0.3 is 19.9 Å². The molecule has 29 heavy (non-hydrogen) atoms. The minimum atomic E-state index is -0.125. The predicted octanol–water partition coefficient (Wildman–Crippen LogP) is 4.18. The number of benzene rings is 3. The van der Waals surface area contributed by atoms with Gasteiger partial charge in [0.2, 0.25) is 0 Å². The highest BCUT2D eigenvalue weighted by Crippen LogP contribution is 2.44. The second-order valence-electron chi connectivity index (χ2n) is 6.87. The Hall–Kier alpha value is -3.80. The fourth-order valence-electron chi connectivity index (χ4n) is 3.86. The summed E-state index contributed by atoms with van der Waals surface area (Å²) < 4.78 is 11.8. The zero-order valence-corrected chi connectivity index (χ0v) is 15.7. The molecule has 4 aromatic rings. The van der Waals surface area contributed by atoms with Crippen LogP contribution in [-0.2, 0) is 6.42 Å². The fraction of sp³-hybridized carbons (Fsp3) is 0.130. The monoisotopic (exact) mass is 386 g/mol. The Morgan fingerprint density at radius 1 is 1.21 bits per heavy atom. The van der Waals surface area contributed by atoms with Crippen LogP contribution in [0.2, 0.25) is 0 Å². The van der Waals surface area contributed by atoms with Gasteiger partial charge in [-0.15, -0.1) is 0 Å². The number of aromatic nitrogens is 1. The number of hydrogen-bond acceptors (Lipinski definition) is 5. The predicted molar refractivity (Wildman–Crippen MR) is 110 cm³/mol. The van der Waals surface area contributed by atoms with E-state index in [9.17, 15) is 9.90 Å². The van der Waals surface area contributed by atoms with Crippen LogP contribution in [0.25, 0.3) is 21.7 Å². The molecule has 0 bridgehead atoms. The third kappa shape index (κ3) is 2.81. The van der Waals surface area contributed by atoms with E-state index < -0.39 is 0 Å². The maximum Gasteiger partial charge on any atom is 0.251 e. The van der Waals surface area contributed by atoms with Crippen molar-refractivity contribution in [2.24, 2.45) is 0 Å². The van der Waals surface area contributed by atoms with Crippen molar-refractivity contribution in [3.05, 3.63) is 65.9 Å². The molecular formula is C23H18N2O4. The summed E-state index contributed by atoms with van der Waals surface area (Å²) in [4.78, 5) is 16.5. The molecule has 6 heteroatoms. The molecule has 5 rings (SSSR count). The molecule has 1 aliphatic rings. The Morgan fingerprint density at radius 3 is 2.97 bits per heavy atom. The molecule has 1 amide bonds. The number of aromatic hydroxyl groups is 1. The number of pyridine rings is 1. The molecule has 0 atom stereocenters. The first kappa shape index (κ1) is 17.3. The molecule has 0 radical (unpaired) electrons. The van der Waals surface area contributed by atoms with E-state index in [1.54, 1.807) is 25.4 Å². The van der Waals surface area contributed by atoms with Gasteiger partial charge in [-0.1, -0.05) is 12.1 Å². The molecule has 2 heterocycles. The Labute approximate surface area is 166 Å². The van der Waals surface area contributed by atoms with E-state index in [1.165, 1.54) is 0 Å². The van der Waals surface area contributed by atoms with Crippen LogP contribution in [0.3, 0.4) is 0 Å². The van der Waals surface area contributed by atoms with Crippen molar-refractivity contribution in [1.29, 1.82) is 0 Å². The lowest BCUT2D eigenvalue weighted by Crippen LogP contribution is -2.17. The summed E-state index contributed by atoms with van der Waals surface area (Å²) in [6, 6.07) is 14.6. The lowest BCUT2D eigenvalue weighted by molar-refractivity contribution is 0.0964. The quantitative estimate of drug-likeness (QED) is 0.552. The Balaban J connectivity index is 1.61. The summed E-state index contributed by atoms with van der Waals surface area (Å²) in [5.74, 6) is 1.78. The number of nitrogens with zero attached hydrogens (tertiary/aromatic N) is 1. The van der Waals surface area contributed by atoms with Crippen molar-refractivity contribution in [1.82, 2.24) is 10.3 Å². The Morgan fingerprint density at radius 2 is 2.10 bits per heavy atom. The standard InChI is InChI=1S/C23H18N2O4/c1-24-23(27)16-4-2-3-13-11-14(5-6-15(13)16)29-20-7-9-25-18-12-19(26)22-17(21(18)20)8-10-28-22/h2-7,9,11-12,26H,8,10H2,1H3,(H,24,27). The SMILES string of the molecule is CNC(=O)c1cccc2cc(Oc3ccnc4cc(O)c5c(c34)CCO5)ccc12. The average molecular weight is 386 g/mol. The van der Waals surface area contributed by atoms with E-state index in [1.807, 2.05) is 36.4 Å². The summed E-state index contributed by atoms with van der Waals surface area (Å²) in [5.41, 5.74) is 2.19. The van der Waals surface area contributed by atoms with Crippen molar-refractivity contribution in [3.63, 3.8) is 0 Å². The molecule has 0 spiro atoms. The first-order valence-corrected chi connectivity index (χ1v) is 9.35. The molecule has 144 valence electrons. The summed E-state index contributed by atoms with van der Waals surface area (Å²) in [5, 5.41) is 15.5. The first-order valence-electron chi connectivity index (χ1n) is 9.35. The van der Waals surface area contributed by atoms with Crippen LogP contribution in [-0.4, -0.2) is 29.7 Å². The molecule has 2 N–H and O–H groups in total. The molecule has 0 aliphatic carbocycles. The van der Waals surface area contributed by atoms with Gasteiger partial charge in [-0.3, -0.25) is 9.78 Å². The van der Waals surface area contributed by atoms with Gasteiger partial charge in [-0.25, -0.2) is 0 Å². The topological polar surface area (TPSA) is 80.7 Å². The zero-order valence-electron chi connectivity index (χ0n) is 15.7. The first-order chi connectivity index (χ1) is 14.2. The highest BCUT2D eigenvalue weighted by molar-refractivity contribution is 6.07. The molecule has 0 fully saturated rings. The van der Waals surface area contributed by atoms with E-state index in [2.05, 4.69) is 10.3 Å². The maximum atomic E-state index is 12.1. The number of carbonyl (C=O) groups excluding carboxylic acids is 1. The second-order valence-corrected chi connectivity index (χ2v) is 6.87. The minimum Gasteiger partial charge on any atom is -0.504 e. The van der Waals surface area contributed by atoms with Gasteiger partial charge in [0.25, 0.3) is 5.91 Å². The molecule has 3 aromatic carbocycles. The molecule has 0 unspecified atom stereocenters. The lowest BCUT2D eigenvalue weighted by Gasteiger charge is -2.13. The zero-order chi connectivity index (χ0) is 20.0. The number of nitrogens with one attached hydrogen (secondary N) is 1. The number of rotatable bonds is 3. The largest absolute Gasteiger partial charge is 0.504 e. The van der Waals surface area contributed by atoms with Crippen molar-refractivity contribution in [3.8, 4) is 23.0 Å². The van der Waals surface area contributed by atoms with Gasteiger partial charge in [-0.05, 0) is 41.1 Å². The molecule has 1 aliphatic heterocycles. The van der Waals surface area contributed by atoms with Gasteiger partial charge >= 0.3 is 0 Å². The van der Waals surface area contributed by atoms with Gasteiger partial charge in [0, 0.05) is 36.9 Å². The Bertz CT molecular complexity index is 1280. The number of ether oxygens (including phenoxy) is 2. The van der Waals surface area contributed by atoms with Gasteiger partial charge in [-0.2, -0.15) is 0 Å². The summed E-state index contributed by atoms with van der Waals surface area (Å²) >= 11 is 0. The number of phenols is 1. The van der Waals surface area contributed by atoms with E-state index in [4.69, 9.17) is 9.47 Å². The molecule has 1 aromatic heterocycles. The highest BCUT2D eigenvalue weighted by Gasteiger charge is 2.23. The van der Waals surface area contributed by atoms with Crippen LogP contribution in [0, 0.1) is 0 Å². The summed E-state index contributed by atoms with van der Waals surface area (Å²) in [6.45, 7) is 0.522. The second kappa shape index (κ2) is 6.67. The highest BCUT2D eigenvalue weighted by atomic mass is 16.5. The maximum absolute atomic E-state index is 12.1. The Kier molecular flexibility index (Phi) is 3.98. The summed E-state index contributed by atoms with van der Waals surface area (Å²) in [6.07, 6.45) is 2.35. The smallest absolute Gasteiger partial charge is 0.251 e. The van der Waals surface area contributed by atoms with E-state index >= 15 is 0 Å². The molecule has 0 saturated heterocycles. The molecule has 0 saturated carbocycles. The van der Waals surface area contributed by atoms with Crippen LogP contribution >= 0.6 is 0 Å². The van der Waals surface area contributed by atoms with Crippen LogP contribution < -0.4 is 14.8 Å². The van der Waals surface area contributed by atoms with Crippen molar-refractivity contribution in [2.45, 2.75) is 6.42 Å². The van der Waals surface area contributed by atoms with Gasteiger partial charge in [0.05, 0.1) is 17.5 Å². The van der Waals surface area contributed by atoms with Gasteiger partial charge in [0.15, 0.2) is 11.5 Å². The average Bonchev–Trinajstić information content (AvgIpc) is 3.23. The summed E-state index contributed by atoms with van der Waals surface area (Å²) in [7, 11) is 1.62. The van der Waals surface area contributed by atoms with Crippen molar-refractivity contribution in [2.75, 3.05) is 13.7 Å². The number of carbonyl (C=O) groups is 1. The third-order valence-electron chi connectivity index (χ3n) is 5.17. The molecular weight excluding hydrogens is 368 g/mol. The van der Waals surface area contributed by atoms with Gasteiger partial charge in [0.1, 0.15) is 11.5 Å². The van der Waals surface area contributed by atoms with E-state index in [-0.39, 0.29) is 11.7 Å². The lowest BCUT2D eigenvalue weighted by atomic mass is 10.0. The third-order valence-corrected chi connectivity index (χ3v) is 5.17. The number of fused-ring (bicyclic) bond motifs is 4. The normalized spacial score (nSPS) is 12.6. The number of phenolic OH excluding ortho intramolecular Hbond substituents is 1. The van der Waals surface area contributed by atoms with Crippen molar-refractivity contribution >= 4 is 27.6 Å². The van der Waals surface area contributed by atoms with E-state index in [0.717, 1.165) is 21.7 Å². The van der Waals surface area contributed by atoms with Crippen LogP contribution in [0.5, 0.6) is 23.0 Å². The van der Waals surface area contributed by atoms with Crippen LogP contribution in [0.1, 0.15) is 15.9 Å². The number of amides is 1. The minimum absolute atomic E-state index is 0.0992. The molecule has 6 nitrogen and oxygen atoms in total. The van der Waals surface area contributed by atoms with Crippen LogP contribution in [0.15, 0.2) is 54.7 Å².